The van der Waals surface area contributed by atoms with E-state index >= 15 is 0 Å². The van der Waals surface area contributed by atoms with Crippen LogP contribution in [0.1, 0.15) is 30.1 Å². The normalized spacial score (nSPS) is 12.2. The topological polar surface area (TPSA) is 71.5 Å². The molecule has 7 heteroatoms. The first-order valence-electron chi connectivity index (χ1n) is 6.35. The molecule has 0 aliphatic carbocycles. The number of amides is 1. The first-order valence-corrected chi connectivity index (χ1v) is 6.35. The van der Waals surface area contributed by atoms with Crippen molar-refractivity contribution in [3.8, 4) is 5.88 Å². The molecule has 0 saturated heterocycles. The smallest absolute Gasteiger partial charge is 0.272 e. The van der Waals surface area contributed by atoms with Crippen LogP contribution >= 0.6 is 0 Å². The van der Waals surface area contributed by atoms with Gasteiger partial charge in [0.2, 0.25) is 5.88 Å². The van der Waals surface area contributed by atoms with Gasteiger partial charge in [-0.1, -0.05) is 6.92 Å². The summed E-state index contributed by atoms with van der Waals surface area (Å²) in [6.07, 6.45) is -0.119. The molecular formula is C13H18F2N2O3. The molecule has 0 aromatic carbocycles. The standard InChI is InChI=1S/C13H18F2N2O3/c1-2-10(5-6-18)17-13(19)9-3-4-12(16-7-9)20-8-11(14)15/h3-4,7,10-11,18H,2,5-6,8H2,1H3,(H,17,19). The minimum atomic E-state index is -2.57. The second-order valence-electron chi connectivity index (χ2n) is 4.18. The van der Waals surface area contributed by atoms with E-state index in [4.69, 9.17) is 9.84 Å². The van der Waals surface area contributed by atoms with Crippen LogP contribution < -0.4 is 10.1 Å². The average molecular weight is 288 g/mol. The van der Waals surface area contributed by atoms with Gasteiger partial charge in [0.1, 0.15) is 0 Å². The summed E-state index contributed by atoms with van der Waals surface area (Å²) in [7, 11) is 0. The van der Waals surface area contributed by atoms with Gasteiger partial charge in [-0.25, -0.2) is 13.8 Å². The Kier molecular flexibility index (Phi) is 6.86. The summed E-state index contributed by atoms with van der Waals surface area (Å²) in [6.45, 7) is 1.17. The quantitative estimate of drug-likeness (QED) is 0.762. The van der Waals surface area contributed by atoms with Crippen LogP contribution in [0.3, 0.4) is 0 Å². The third kappa shape index (κ3) is 5.48. The maximum absolute atomic E-state index is 11.9. The minimum absolute atomic E-state index is 0.00254. The van der Waals surface area contributed by atoms with Crippen molar-refractivity contribution in [2.45, 2.75) is 32.2 Å². The number of carbonyl (C=O) groups is 1. The summed E-state index contributed by atoms with van der Waals surface area (Å²) in [5, 5.41) is 11.6. The number of rotatable bonds is 8. The molecular weight excluding hydrogens is 270 g/mol. The molecule has 0 bridgehead atoms. The Hall–Kier alpha value is -1.76. The maximum atomic E-state index is 11.9. The second kappa shape index (κ2) is 8.42. The van der Waals surface area contributed by atoms with Crippen molar-refractivity contribution in [2.24, 2.45) is 0 Å². The van der Waals surface area contributed by atoms with E-state index in [1.165, 1.54) is 18.3 Å². The number of alkyl halides is 2. The molecule has 0 spiro atoms. The number of aliphatic hydroxyl groups excluding tert-OH is 1. The van der Waals surface area contributed by atoms with Gasteiger partial charge in [-0.05, 0) is 18.9 Å². The van der Waals surface area contributed by atoms with Gasteiger partial charge >= 0.3 is 0 Å². The number of halogens is 2. The van der Waals surface area contributed by atoms with Crippen molar-refractivity contribution in [3.05, 3.63) is 23.9 Å². The molecule has 1 aromatic rings. The molecule has 0 aliphatic rings. The molecule has 0 fully saturated rings. The fourth-order valence-corrected chi connectivity index (χ4v) is 1.55. The minimum Gasteiger partial charge on any atom is -0.472 e. The van der Waals surface area contributed by atoms with E-state index in [-0.39, 0.29) is 24.4 Å². The number of aliphatic hydroxyl groups is 1. The Balaban J connectivity index is 2.56. The van der Waals surface area contributed by atoms with Crippen molar-refractivity contribution < 1.29 is 23.4 Å². The van der Waals surface area contributed by atoms with Crippen molar-refractivity contribution in [1.82, 2.24) is 10.3 Å². The SMILES string of the molecule is CCC(CCO)NC(=O)c1ccc(OCC(F)F)nc1. The van der Waals surface area contributed by atoms with E-state index in [9.17, 15) is 13.6 Å². The number of hydrogen-bond acceptors (Lipinski definition) is 4. The predicted molar refractivity (Wildman–Crippen MR) is 69.0 cm³/mol. The Labute approximate surface area is 116 Å². The second-order valence-corrected chi connectivity index (χ2v) is 4.18. The number of carbonyl (C=O) groups excluding carboxylic acids is 1. The third-order valence-electron chi connectivity index (χ3n) is 2.66. The van der Waals surface area contributed by atoms with E-state index in [1.807, 2.05) is 6.92 Å². The highest BCUT2D eigenvalue weighted by Gasteiger charge is 2.12. The largest absolute Gasteiger partial charge is 0.472 e. The first-order chi connectivity index (χ1) is 9.56. The summed E-state index contributed by atoms with van der Waals surface area (Å²) in [5.41, 5.74) is 0.311. The molecule has 112 valence electrons. The van der Waals surface area contributed by atoms with Gasteiger partial charge in [0.05, 0.1) is 5.56 Å². The highest BCUT2D eigenvalue weighted by atomic mass is 19.3. The van der Waals surface area contributed by atoms with Crippen LogP contribution in [0.15, 0.2) is 18.3 Å². The van der Waals surface area contributed by atoms with Crippen LogP contribution in [0.25, 0.3) is 0 Å². The van der Waals surface area contributed by atoms with E-state index in [0.717, 1.165) is 0 Å². The van der Waals surface area contributed by atoms with Crippen molar-refractivity contribution in [2.75, 3.05) is 13.2 Å². The zero-order valence-corrected chi connectivity index (χ0v) is 11.2. The molecule has 20 heavy (non-hydrogen) atoms. The van der Waals surface area contributed by atoms with Crippen LogP contribution in [0.4, 0.5) is 8.78 Å². The summed E-state index contributed by atoms with van der Waals surface area (Å²) in [5.74, 6) is -0.276. The number of hydrogen-bond donors (Lipinski definition) is 2. The van der Waals surface area contributed by atoms with Crippen LogP contribution in [-0.2, 0) is 0 Å². The van der Waals surface area contributed by atoms with E-state index in [1.54, 1.807) is 0 Å². The highest BCUT2D eigenvalue weighted by molar-refractivity contribution is 5.94. The van der Waals surface area contributed by atoms with Crippen molar-refractivity contribution in [3.63, 3.8) is 0 Å². The molecule has 5 nitrogen and oxygen atoms in total. The summed E-state index contributed by atoms with van der Waals surface area (Å²) in [4.78, 5) is 15.7. The number of ether oxygens (including phenoxy) is 1. The van der Waals surface area contributed by atoms with Gasteiger partial charge in [0, 0.05) is 24.9 Å². The van der Waals surface area contributed by atoms with Gasteiger partial charge < -0.3 is 15.2 Å². The van der Waals surface area contributed by atoms with Crippen LogP contribution in [0, 0.1) is 0 Å². The van der Waals surface area contributed by atoms with Crippen molar-refractivity contribution >= 4 is 5.91 Å². The lowest BCUT2D eigenvalue weighted by molar-refractivity contribution is 0.0794. The van der Waals surface area contributed by atoms with E-state index < -0.39 is 13.0 Å². The van der Waals surface area contributed by atoms with Crippen molar-refractivity contribution in [1.29, 1.82) is 0 Å². The summed E-state index contributed by atoms with van der Waals surface area (Å²) < 4.78 is 28.6. The lowest BCUT2D eigenvalue weighted by Gasteiger charge is -2.15. The fraction of sp³-hybridized carbons (Fsp3) is 0.538. The molecule has 1 atom stereocenters. The first kappa shape index (κ1) is 16.3. The highest BCUT2D eigenvalue weighted by Crippen LogP contribution is 2.09. The number of nitrogens with zero attached hydrogens (tertiary/aromatic N) is 1. The maximum Gasteiger partial charge on any atom is 0.272 e. The number of aromatic nitrogens is 1. The Morgan fingerprint density at radius 3 is 2.75 bits per heavy atom. The monoisotopic (exact) mass is 288 g/mol. The number of pyridine rings is 1. The predicted octanol–water partition coefficient (Wildman–Crippen LogP) is 1.62. The van der Waals surface area contributed by atoms with Crippen LogP contribution in [0.2, 0.25) is 0 Å². The molecule has 1 unspecified atom stereocenters. The van der Waals surface area contributed by atoms with Crippen LogP contribution in [-0.4, -0.2) is 41.7 Å². The Morgan fingerprint density at radius 2 is 2.25 bits per heavy atom. The molecule has 1 rings (SSSR count). The third-order valence-corrected chi connectivity index (χ3v) is 2.66. The molecule has 1 aromatic heterocycles. The van der Waals surface area contributed by atoms with Gasteiger partial charge in [-0.15, -0.1) is 0 Å². The molecule has 0 radical (unpaired) electrons. The van der Waals surface area contributed by atoms with Gasteiger partial charge in [-0.3, -0.25) is 4.79 Å². The molecule has 2 N–H and O–H groups in total. The van der Waals surface area contributed by atoms with Gasteiger partial charge in [0.15, 0.2) is 6.61 Å². The zero-order chi connectivity index (χ0) is 15.0. The lowest BCUT2D eigenvalue weighted by Crippen LogP contribution is -2.35. The number of nitrogens with one attached hydrogen (secondary N) is 1. The summed E-state index contributed by atoms with van der Waals surface area (Å²) in [6, 6.07) is 2.71. The lowest BCUT2D eigenvalue weighted by atomic mass is 10.1. The van der Waals surface area contributed by atoms with E-state index in [2.05, 4.69) is 10.3 Å². The van der Waals surface area contributed by atoms with Gasteiger partial charge in [-0.2, -0.15) is 0 Å². The molecule has 0 aliphatic heterocycles. The fourth-order valence-electron chi connectivity index (χ4n) is 1.55. The molecule has 1 amide bonds. The Bertz CT molecular complexity index is 413. The summed E-state index contributed by atoms with van der Waals surface area (Å²) >= 11 is 0. The molecule has 1 heterocycles. The van der Waals surface area contributed by atoms with E-state index in [0.29, 0.717) is 18.4 Å². The average Bonchev–Trinajstić information content (AvgIpc) is 2.45. The van der Waals surface area contributed by atoms with Gasteiger partial charge in [0.25, 0.3) is 12.3 Å². The van der Waals surface area contributed by atoms with Crippen LogP contribution in [0.5, 0.6) is 5.88 Å². The Morgan fingerprint density at radius 1 is 1.50 bits per heavy atom. The molecule has 0 saturated carbocycles. The zero-order valence-electron chi connectivity index (χ0n) is 11.2.